The predicted molar refractivity (Wildman–Crippen MR) is 133 cm³/mol. The third-order valence-corrected chi connectivity index (χ3v) is 9.15. The quantitative estimate of drug-likeness (QED) is 0.365. The first kappa shape index (κ1) is 22.8. The van der Waals surface area contributed by atoms with Gasteiger partial charge in [-0.05, 0) is 0 Å². The molecule has 0 spiro atoms. The molecule has 1 amide bonds. The molecule has 1 saturated heterocycles. The third kappa shape index (κ3) is 4.52. The molecule has 1 aliphatic rings. The zero-order valence-electron chi connectivity index (χ0n) is 19.0. The predicted octanol–water partition coefficient (Wildman–Crippen LogP) is 2.02. The summed E-state index contributed by atoms with van der Waals surface area (Å²) >= 11 is -0.457. The molecular formula is C25H24AsN4O3S. The Morgan fingerprint density at radius 1 is 1.03 bits per heavy atom. The maximum absolute atomic E-state index is 12.8. The van der Waals surface area contributed by atoms with E-state index >= 15 is 0 Å². The molecule has 0 atom stereocenters. The minimum atomic E-state index is -3.24. The van der Waals surface area contributed by atoms with E-state index in [4.69, 9.17) is 4.98 Å². The van der Waals surface area contributed by atoms with Crippen LogP contribution in [0.1, 0.15) is 28.8 Å². The molecule has 7 nitrogen and oxygen atoms in total. The van der Waals surface area contributed by atoms with Gasteiger partial charge in [-0.3, -0.25) is 0 Å². The molecule has 0 saturated carbocycles. The molecule has 1 aliphatic heterocycles. The molecule has 9 heteroatoms. The number of likely N-dealkylation sites (tertiary alicyclic amines) is 1. The molecule has 4 aromatic rings. The van der Waals surface area contributed by atoms with E-state index in [0.29, 0.717) is 0 Å². The van der Waals surface area contributed by atoms with Crippen LogP contribution < -0.4 is 8.96 Å². The van der Waals surface area contributed by atoms with E-state index in [2.05, 4.69) is 11.1 Å². The van der Waals surface area contributed by atoms with Crippen LogP contribution in [0.5, 0.6) is 0 Å². The fraction of sp³-hybridized carbons (Fsp3) is 0.240. The number of carbonyl (C=O) groups is 1. The summed E-state index contributed by atoms with van der Waals surface area (Å²) in [5.74, 6) is 0.121. The average molecular weight is 535 g/mol. The Labute approximate surface area is 205 Å². The van der Waals surface area contributed by atoms with Gasteiger partial charge in [0.05, 0.1) is 0 Å². The van der Waals surface area contributed by atoms with Crippen molar-refractivity contribution < 1.29 is 13.2 Å². The first-order valence-corrected chi connectivity index (χ1v) is 14.8. The van der Waals surface area contributed by atoms with Crippen molar-refractivity contribution in [3.05, 3.63) is 72.1 Å². The second kappa shape index (κ2) is 9.00. The van der Waals surface area contributed by atoms with Crippen LogP contribution in [0.25, 0.3) is 16.7 Å². The number of aryl methyl sites for hydroxylation is 1. The van der Waals surface area contributed by atoms with Gasteiger partial charge in [0, 0.05) is 0 Å². The molecule has 0 N–H and O–H groups in total. The Hall–Kier alpha value is -2.96. The van der Waals surface area contributed by atoms with Crippen LogP contribution >= 0.6 is 0 Å². The van der Waals surface area contributed by atoms with E-state index in [-0.39, 0.29) is 10.8 Å². The van der Waals surface area contributed by atoms with Gasteiger partial charge in [-0.1, -0.05) is 0 Å². The van der Waals surface area contributed by atoms with Crippen LogP contribution in [0.3, 0.4) is 0 Å². The van der Waals surface area contributed by atoms with Crippen molar-refractivity contribution in [1.82, 2.24) is 19.4 Å². The Morgan fingerprint density at radius 3 is 2.44 bits per heavy atom. The van der Waals surface area contributed by atoms with Crippen LogP contribution in [0, 0.1) is 6.92 Å². The molecule has 2 aromatic carbocycles. The van der Waals surface area contributed by atoms with Crippen molar-refractivity contribution in [2.75, 3.05) is 19.3 Å². The van der Waals surface area contributed by atoms with Gasteiger partial charge in [0.25, 0.3) is 0 Å². The minimum absolute atomic E-state index is 0.121. The van der Waals surface area contributed by atoms with Crippen molar-refractivity contribution >= 4 is 51.5 Å². The van der Waals surface area contributed by atoms with Crippen LogP contribution in [-0.4, -0.2) is 68.9 Å². The normalized spacial score (nSPS) is 14.5. The van der Waals surface area contributed by atoms with Gasteiger partial charge in [0.2, 0.25) is 0 Å². The molecule has 1 fully saturated rings. The molecule has 1 radical (unpaired) electrons. The van der Waals surface area contributed by atoms with Crippen molar-refractivity contribution in [2.24, 2.45) is 0 Å². The molecule has 3 heterocycles. The van der Waals surface area contributed by atoms with E-state index in [9.17, 15) is 13.2 Å². The fourth-order valence-electron chi connectivity index (χ4n) is 4.19. The first-order valence-electron chi connectivity index (χ1n) is 11.1. The number of benzene rings is 2. The summed E-state index contributed by atoms with van der Waals surface area (Å²) < 4.78 is 27.4. The number of carbonyl (C=O) groups excluding carboxylic acids is 1. The van der Waals surface area contributed by atoms with E-state index in [1.807, 2.05) is 47.0 Å². The van der Waals surface area contributed by atoms with Gasteiger partial charge in [0.15, 0.2) is 0 Å². The number of amides is 1. The molecule has 0 unspecified atom stereocenters. The maximum atomic E-state index is 12.8. The van der Waals surface area contributed by atoms with Crippen LogP contribution in [0.15, 0.2) is 65.8 Å². The fourth-order valence-corrected chi connectivity index (χ4v) is 6.70. The van der Waals surface area contributed by atoms with Crippen LogP contribution in [-0.2, 0) is 9.84 Å². The number of nitrogens with zero attached hydrogens (tertiary/aromatic N) is 4. The summed E-state index contributed by atoms with van der Waals surface area (Å²) in [6.07, 6.45) is 7.10. The van der Waals surface area contributed by atoms with Gasteiger partial charge in [-0.15, -0.1) is 0 Å². The molecule has 173 valence electrons. The van der Waals surface area contributed by atoms with Crippen LogP contribution in [0.4, 0.5) is 0 Å². The van der Waals surface area contributed by atoms with Gasteiger partial charge in [-0.2, -0.15) is 0 Å². The summed E-state index contributed by atoms with van der Waals surface area (Å²) in [7, 11) is -3.24. The number of hydrogen-bond donors (Lipinski definition) is 0. The van der Waals surface area contributed by atoms with Crippen molar-refractivity contribution in [1.29, 1.82) is 0 Å². The molecular weight excluding hydrogens is 511 g/mol. The Morgan fingerprint density at radius 2 is 1.76 bits per heavy atom. The number of aromatic nitrogens is 3. The van der Waals surface area contributed by atoms with E-state index < -0.39 is 25.6 Å². The van der Waals surface area contributed by atoms with E-state index in [1.54, 1.807) is 24.3 Å². The third-order valence-electron chi connectivity index (χ3n) is 6.02. The summed E-state index contributed by atoms with van der Waals surface area (Å²) in [5, 5.41) is 0.917. The second-order valence-corrected chi connectivity index (χ2v) is 12.9. The molecule has 34 heavy (non-hydrogen) atoms. The second-order valence-electron chi connectivity index (χ2n) is 8.51. The number of hydrogen-bond acceptors (Lipinski definition) is 5. The van der Waals surface area contributed by atoms with E-state index in [1.165, 1.54) is 6.26 Å². The number of rotatable bonds is 5. The Bertz CT molecular complexity index is 1490. The van der Waals surface area contributed by atoms with Gasteiger partial charge in [0.1, 0.15) is 0 Å². The monoisotopic (exact) mass is 535 g/mol. The summed E-state index contributed by atoms with van der Waals surface area (Å²) in [6.45, 7) is 3.68. The molecule has 2 aromatic heterocycles. The van der Waals surface area contributed by atoms with Gasteiger partial charge >= 0.3 is 206 Å². The Balaban J connectivity index is 1.41. The number of sulfone groups is 1. The zero-order chi connectivity index (χ0) is 23.9. The zero-order valence-corrected chi connectivity index (χ0v) is 21.7. The molecule has 5 rings (SSSR count). The Kier molecular flexibility index (Phi) is 6.04. The first-order chi connectivity index (χ1) is 16.3. The van der Waals surface area contributed by atoms with Crippen LogP contribution in [0.2, 0.25) is 0 Å². The average Bonchev–Trinajstić information content (AvgIpc) is 3.48. The summed E-state index contributed by atoms with van der Waals surface area (Å²) in [4.78, 5) is 24.4. The van der Waals surface area contributed by atoms with E-state index in [0.717, 1.165) is 62.7 Å². The molecule has 0 bridgehead atoms. The SMILES string of the molecule is Cc1cc([As]c2ncc3ccn(-c4ccc(S(C)(=O)=O)cc4)c3n2)ccc1C(=O)N1CCCC1. The summed E-state index contributed by atoms with van der Waals surface area (Å²) in [5.41, 5.74) is 3.38. The summed E-state index contributed by atoms with van der Waals surface area (Å²) in [6, 6.07) is 14.8. The van der Waals surface area contributed by atoms with Crippen molar-refractivity contribution in [2.45, 2.75) is 24.7 Å². The molecule has 0 aliphatic carbocycles. The van der Waals surface area contributed by atoms with Gasteiger partial charge < -0.3 is 0 Å². The topological polar surface area (TPSA) is 85.2 Å². The van der Waals surface area contributed by atoms with Gasteiger partial charge in [-0.25, -0.2) is 0 Å². The number of fused-ring (bicyclic) bond motifs is 1. The van der Waals surface area contributed by atoms with Crippen molar-refractivity contribution in [3.63, 3.8) is 0 Å². The van der Waals surface area contributed by atoms with Crippen molar-refractivity contribution in [3.8, 4) is 5.69 Å². The standard InChI is InChI=1S/C25H24AsN4O3S/c1-17-15-19(5-10-22(17)24(31)29-12-3-4-13-29)26-25-27-16-18-11-14-30(23(18)28-25)20-6-8-21(9-7-20)34(2,32)33/h5-11,14-16H,3-4,12-13H2,1-2H3.